The SMILES string of the molecule is CC(CO)(CO)CO.O=C(O)C1CCCCC1.O=C(O)C1CCCCC1.O=CO. The van der Waals surface area contributed by atoms with Gasteiger partial charge < -0.3 is 30.6 Å². The molecule has 6 N–H and O–H groups in total. The molecular weight excluding hydrogens is 384 g/mol. The molecule has 2 aliphatic rings. The highest BCUT2D eigenvalue weighted by atomic mass is 16.4. The van der Waals surface area contributed by atoms with Crippen molar-refractivity contribution in [1.82, 2.24) is 0 Å². The van der Waals surface area contributed by atoms with Crippen LogP contribution in [-0.2, 0) is 14.4 Å². The summed E-state index contributed by atoms with van der Waals surface area (Å²) in [6.07, 6.45) is 10.5. The molecule has 0 radical (unpaired) electrons. The topological polar surface area (TPSA) is 173 Å². The van der Waals surface area contributed by atoms with E-state index in [-0.39, 0.29) is 38.1 Å². The molecule has 2 rings (SSSR count). The summed E-state index contributed by atoms with van der Waals surface area (Å²) in [5.41, 5.74) is -0.708. The number of hydrogen-bond donors (Lipinski definition) is 6. The van der Waals surface area contributed by atoms with E-state index in [1.165, 1.54) is 12.8 Å². The number of rotatable bonds is 5. The summed E-state index contributed by atoms with van der Waals surface area (Å²) in [4.78, 5) is 29.1. The molecule has 2 fully saturated rings. The molecule has 0 aliphatic heterocycles. The van der Waals surface area contributed by atoms with Crippen LogP contribution in [-0.4, -0.2) is 68.9 Å². The van der Waals surface area contributed by atoms with Crippen LogP contribution < -0.4 is 0 Å². The molecule has 0 aromatic carbocycles. The van der Waals surface area contributed by atoms with Crippen molar-refractivity contribution in [3.63, 3.8) is 0 Å². The molecule has 0 bridgehead atoms. The molecule has 172 valence electrons. The number of carboxylic acid groups (broad SMARTS) is 3. The summed E-state index contributed by atoms with van der Waals surface area (Å²) in [6, 6.07) is 0. The lowest BCUT2D eigenvalue weighted by Crippen LogP contribution is -2.29. The van der Waals surface area contributed by atoms with Gasteiger partial charge in [-0.15, -0.1) is 0 Å². The molecular formula is C20H38O9. The van der Waals surface area contributed by atoms with Gasteiger partial charge in [-0.05, 0) is 25.7 Å². The van der Waals surface area contributed by atoms with E-state index >= 15 is 0 Å². The quantitative estimate of drug-likeness (QED) is 0.362. The third-order valence-electron chi connectivity index (χ3n) is 5.05. The van der Waals surface area contributed by atoms with Crippen LogP contribution in [0.25, 0.3) is 0 Å². The first-order valence-corrected chi connectivity index (χ1v) is 10.1. The van der Waals surface area contributed by atoms with Gasteiger partial charge in [0.2, 0.25) is 0 Å². The zero-order valence-corrected chi connectivity index (χ0v) is 17.3. The summed E-state index contributed by atoms with van der Waals surface area (Å²) < 4.78 is 0. The number of carbonyl (C=O) groups is 3. The van der Waals surface area contributed by atoms with Gasteiger partial charge in [0.1, 0.15) is 0 Å². The second-order valence-electron chi connectivity index (χ2n) is 7.74. The molecule has 0 spiro atoms. The number of carboxylic acids is 2. The highest BCUT2D eigenvalue weighted by Gasteiger charge is 2.21. The Kier molecular flexibility index (Phi) is 18.6. The van der Waals surface area contributed by atoms with E-state index in [4.69, 9.17) is 35.4 Å². The zero-order valence-electron chi connectivity index (χ0n) is 17.3. The fourth-order valence-electron chi connectivity index (χ4n) is 2.85. The van der Waals surface area contributed by atoms with Gasteiger partial charge in [-0.2, -0.15) is 0 Å². The lowest BCUT2D eigenvalue weighted by atomic mass is 9.90. The van der Waals surface area contributed by atoms with E-state index in [1.54, 1.807) is 6.92 Å². The molecule has 0 unspecified atom stereocenters. The standard InChI is InChI=1S/2C7H12O2.C5H12O3.CH2O2/c2*8-7(9)6-4-2-1-3-5-6;1-5(2-6,3-7)4-8;2-1-3/h2*6H,1-5H2,(H,8,9);6-8H,2-4H2,1H3;1H,(H,2,3). The van der Waals surface area contributed by atoms with Crippen molar-refractivity contribution in [1.29, 1.82) is 0 Å². The van der Waals surface area contributed by atoms with Crippen LogP contribution >= 0.6 is 0 Å². The second kappa shape index (κ2) is 18.3. The minimum absolute atomic E-state index is 0.0289. The fourth-order valence-corrected chi connectivity index (χ4v) is 2.85. The van der Waals surface area contributed by atoms with Gasteiger partial charge in [0.15, 0.2) is 0 Å². The van der Waals surface area contributed by atoms with Crippen molar-refractivity contribution >= 4 is 18.4 Å². The van der Waals surface area contributed by atoms with Gasteiger partial charge in [-0.1, -0.05) is 45.4 Å². The highest BCUT2D eigenvalue weighted by molar-refractivity contribution is 5.70. The first-order valence-electron chi connectivity index (χ1n) is 10.1. The Bertz CT molecular complexity index is 387. The monoisotopic (exact) mass is 422 g/mol. The van der Waals surface area contributed by atoms with Crippen molar-refractivity contribution < 1.29 is 45.0 Å². The Hall–Kier alpha value is -1.71. The highest BCUT2D eigenvalue weighted by Crippen LogP contribution is 2.23. The Morgan fingerprint density at radius 1 is 0.759 bits per heavy atom. The fraction of sp³-hybridized carbons (Fsp3) is 0.850. The predicted molar refractivity (Wildman–Crippen MR) is 106 cm³/mol. The van der Waals surface area contributed by atoms with E-state index in [9.17, 15) is 9.59 Å². The van der Waals surface area contributed by atoms with Crippen LogP contribution in [0.3, 0.4) is 0 Å². The molecule has 0 aromatic rings. The molecule has 0 amide bonds. The average molecular weight is 423 g/mol. The molecule has 2 saturated carbocycles. The second-order valence-corrected chi connectivity index (χ2v) is 7.74. The van der Waals surface area contributed by atoms with E-state index in [0.717, 1.165) is 51.4 Å². The van der Waals surface area contributed by atoms with Crippen LogP contribution in [0.15, 0.2) is 0 Å². The molecule has 29 heavy (non-hydrogen) atoms. The van der Waals surface area contributed by atoms with E-state index in [2.05, 4.69) is 0 Å². The summed E-state index contributed by atoms with van der Waals surface area (Å²) in [6.45, 7) is 0.812. The molecule has 2 aliphatic carbocycles. The molecule has 9 nitrogen and oxygen atoms in total. The smallest absolute Gasteiger partial charge is 0.306 e. The molecule has 0 aromatic heterocycles. The first kappa shape index (κ1) is 29.5. The van der Waals surface area contributed by atoms with Crippen molar-refractivity contribution in [3.05, 3.63) is 0 Å². The zero-order chi connectivity index (χ0) is 22.7. The molecule has 0 saturated heterocycles. The number of aliphatic carboxylic acids is 2. The van der Waals surface area contributed by atoms with Gasteiger partial charge in [-0.3, -0.25) is 14.4 Å². The maximum atomic E-state index is 10.4. The Morgan fingerprint density at radius 2 is 1.00 bits per heavy atom. The first-order chi connectivity index (χ1) is 13.7. The molecule has 9 heteroatoms. The Labute approximate surface area is 172 Å². The summed E-state index contributed by atoms with van der Waals surface area (Å²) in [5, 5.41) is 49.4. The minimum atomic E-state index is -0.708. The number of aliphatic hydroxyl groups is 3. The lowest BCUT2D eigenvalue weighted by Gasteiger charge is -2.20. The van der Waals surface area contributed by atoms with Gasteiger partial charge in [-0.25, -0.2) is 0 Å². The summed E-state index contributed by atoms with van der Waals surface area (Å²) in [5.74, 6) is -1.26. The van der Waals surface area contributed by atoms with Gasteiger partial charge in [0, 0.05) is 5.41 Å². The number of hydrogen-bond acceptors (Lipinski definition) is 6. The van der Waals surface area contributed by atoms with Gasteiger partial charge in [0.25, 0.3) is 6.47 Å². The third-order valence-corrected chi connectivity index (χ3v) is 5.05. The van der Waals surface area contributed by atoms with E-state index < -0.39 is 17.4 Å². The van der Waals surface area contributed by atoms with E-state index in [1.807, 2.05) is 0 Å². The van der Waals surface area contributed by atoms with Crippen LogP contribution in [0.4, 0.5) is 0 Å². The van der Waals surface area contributed by atoms with Gasteiger partial charge in [0.05, 0.1) is 31.7 Å². The summed E-state index contributed by atoms with van der Waals surface area (Å²) in [7, 11) is 0. The van der Waals surface area contributed by atoms with Crippen molar-refractivity contribution in [2.24, 2.45) is 17.3 Å². The van der Waals surface area contributed by atoms with Crippen LogP contribution in [0, 0.1) is 17.3 Å². The van der Waals surface area contributed by atoms with E-state index in [0.29, 0.717) is 0 Å². The maximum absolute atomic E-state index is 10.4. The van der Waals surface area contributed by atoms with Crippen LogP contribution in [0.2, 0.25) is 0 Å². The number of aliphatic hydroxyl groups excluding tert-OH is 3. The Balaban J connectivity index is 0. The lowest BCUT2D eigenvalue weighted by molar-refractivity contribution is -0.143. The van der Waals surface area contributed by atoms with Crippen LogP contribution in [0.5, 0.6) is 0 Å². The Morgan fingerprint density at radius 3 is 1.10 bits per heavy atom. The normalized spacial score (nSPS) is 17.2. The summed E-state index contributed by atoms with van der Waals surface area (Å²) >= 11 is 0. The minimum Gasteiger partial charge on any atom is -0.483 e. The largest absolute Gasteiger partial charge is 0.483 e. The molecule has 0 heterocycles. The maximum Gasteiger partial charge on any atom is 0.306 e. The molecule has 0 atom stereocenters. The van der Waals surface area contributed by atoms with Crippen molar-refractivity contribution in [3.8, 4) is 0 Å². The van der Waals surface area contributed by atoms with Gasteiger partial charge >= 0.3 is 11.9 Å². The van der Waals surface area contributed by atoms with Crippen molar-refractivity contribution in [2.75, 3.05) is 19.8 Å². The predicted octanol–water partition coefficient (Wildman–Crippen LogP) is 1.97. The third kappa shape index (κ3) is 15.8. The average Bonchev–Trinajstić information content (AvgIpc) is 2.76. The van der Waals surface area contributed by atoms with Crippen molar-refractivity contribution in [2.45, 2.75) is 71.1 Å². The van der Waals surface area contributed by atoms with Crippen LogP contribution in [0.1, 0.15) is 71.1 Å².